The van der Waals surface area contributed by atoms with E-state index in [-0.39, 0.29) is 5.91 Å². The van der Waals surface area contributed by atoms with Crippen LogP contribution in [0.4, 0.5) is 10.8 Å². The smallest absolute Gasteiger partial charge is 0.269 e. The van der Waals surface area contributed by atoms with Gasteiger partial charge in [-0.25, -0.2) is 9.97 Å². The molecule has 0 radical (unpaired) electrons. The van der Waals surface area contributed by atoms with Crippen LogP contribution in [0.5, 0.6) is 5.75 Å². The number of carbonyl (C=O) groups is 1. The molecule has 0 bridgehead atoms. The average molecular weight is 439 g/mol. The first-order valence-corrected chi connectivity index (χ1v) is 11.4. The number of fused-ring (bicyclic) bond motifs is 1. The van der Waals surface area contributed by atoms with Crippen molar-refractivity contribution < 1.29 is 9.53 Å². The van der Waals surface area contributed by atoms with Gasteiger partial charge in [0.25, 0.3) is 5.91 Å². The molecule has 4 aromatic rings. The van der Waals surface area contributed by atoms with E-state index in [2.05, 4.69) is 22.2 Å². The van der Waals surface area contributed by atoms with Gasteiger partial charge in [-0.1, -0.05) is 13.3 Å². The van der Waals surface area contributed by atoms with Crippen molar-refractivity contribution in [2.24, 2.45) is 0 Å². The van der Waals surface area contributed by atoms with Gasteiger partial charge >= 0.3 is 0 Å². The van der Waals surface area contributed by atoms with Gasteiger partial charge in [-0.2, -0.15) is 0 Å². The van der Waals surface area contributed by atoms with Gasteiger partial charge in [0.1, 0.15) is 15.5 Å². The number of carbonyl (C=O) groups excluding carboxylic acids is 1. The molecule has 0 fully saturated rings. The lowest BCUT2D eigenvalue weighted by molar-refractivity contribution is 0.103. The molecule has 0 aliphatic heterocycles. The van der Waals surface area contributed by atoms with Crippen LogP contribution in [-0.4, -0.2) is 23.0 Å². The number of thiazole rings is 1. The summed E-state index contributed by atoms with van der Waals surface area (Å²) >= 11 is 2.70. The van der Waals surface area contributed by atoms with Crippen LogP contribution < -0.4 is 15.8 Å². The van der Waals surface area contributed by atoms with Crippen LogP contribution in [0.15, 0.2) is 41.8 Å². The number of anilines is 2. The number of pyridine rings is 1. The molecule has 0 atom stereocenters. The molecule has 30 heavy (non-hydrogen) atoms. The summed E-state index contributed by atoms with van der Waals surface area (Å²) in [7, 11) is 1.63. The Morgan fingerprint density at radius 3 is 2.70 bits per heavy atom. The van der Waals surface area contributed by atoms with Crippen molar-refractivity contribution in [1.29, 1.82) is 0 Å². The second-order valence-electron chi connectivity index (χ2n) is 6.82. The fourth-order valence-electron chi connectivity index (χ4n) is 3.08. The Labute approximate surface area is 182 Å². The summed E-state index contributed by atoms with van der Waals surface area (Å²) in [6, 6.07) is 11.6. The topological polar surface area (TPSA) is 90.1 Å². The molecule has 0 saturated heterocycles. The number of hydrogen-bond acceptors (Lipinski definition) is 7. The zero-order valence-electron chi connectivity index (χ0n) is 16.8. The van der Waals surface area contributed by atoms with Crippen molar-refractivity contribution in [2.75, 3.05) is 18.2 Å². The number of benzene rings is 1. The Morgan fingerprint density at radius 1 is 1.17 bits per heavy atom. The standard InChI is InChI=1S/C22H22N4O2S2/c1-3-4-5-14-8-11-16-18(23)19(30-21(16)24-14)20(27)26-22-25-17(12-29-22)13-6-9-15(28-2)10-7-13/h6-12H,3-5,23H2,1-2H3,(H,25,26,27). The largest absolute Gasteiger partial charge is 0.497 e. The van der Waals surface area contributed by atoms with Crippen molar-refractivity contribution in [1.82, 2.24) is 9.97 Å². The number of aromatic nitrogens is 2. The first-order valence-electron chi connectivity index (χ1n) is 9.68. The van der Waals surface area contributed by atoms with E-state index in [0.29, 0.717) is 15.7 Å². The molecule has 3 aromatic heterocycles. The number of amides is 1. The maximum absolute atomic E-state index is 12.8. The maximum atomic E-state index is 12.8. The fourth-order valence-corrected chi connectivity index (χ4v) is 4.80. The van der Waals surface area contributed by atoms with E-state index in [0.717, 1.165) is 52.2 Å². The van der Waals surface area contributed by atoms with Crippen molar-refractivity contribution in [3.8, 4) is 17.0 Å². The Kier molecular flexibility index (Phi) is 5.96. The minimum absolute atomic E-state index is 0.263. The zero-order valence-corrected chi connectivity index (χ0v) is 18.4. The molecule has 0 unspecified atom stereocenters. The Bertz CT molecular complexity index is 1180. The van der Waals surface area contributed by atoms with Crippen molar-refractivity contribution in [2.45, 2.75) is 26.2 Å². The number of nitrogen functional groups attached to an aromatic ring is 1. The Balaban J connectivity index is 1.53. The number of ether oxygens (including phenoxy) is 1. The molecule has 0 spiro atoms. The molecule has 0 aliphatic rings. The lowest BCUT2D eigenvalue weighted by Gasteiger charge is -2.01. The van der Waals surface area contributed by atoms with Gasteiger partial charge in [-0.05, 0) is 49.2 Å². The van der Waals surface area contributed by atoms with Crippen LogP contribution in [0.25, 0.3) is 21.5 Å². The fraction of sp³-hybridized carbons (Fsp3) is 0.227. The number of unbranched alkanes of at least 4 members (excludes halogenated alkanes) is 1. The van der Waals surface area contributed by atoms with Gasteiger partial charge in [-0.3, -0.25) is 10.1 Å². The van der Waals surface area contributed by atoms with E-state index in [1.807, 2.05) is 41.8 Å². The molecule has 4 rings (SSSR count). The number of hydrogen-bond donors (Lipinski definition) is 2. The summed E-state index contributed by atoms with van der Waals surface area (Å²) < 4.78 is 5.18. The number of nitrogens with two attached hydrogens (primary N) is 1. The summed E-state index contributed by atoms with van der Waals surface area (Å²) in [5.41, 5.74) is 9.50. The Hall–Kier alpha value is -2.97. The minimum Gasteiger partial charge on any atom is -0.497 e. The van der Waals surface area contributed by atoms with E-state index in [4.69, 9.17) is 10.5 Å². The van der Waals surface area contributed by atoms with Crippen molar-refractivity contribution in [3.05, 3.63) is 52.3 Å². The highest BCUT2D eigenvalue weighted by Gasteiger charge is 2.19. The third-order valence-electron chi connectivity index (χ3n) is 4.75. The zero-order chi connectivity index (χ0) is 21.1. The second kappa shape index (κ2) is 8.81. The maximum Gasteiger partial charge on any atom is 0.269 e. The van der Waals surface area contributed by atoms with Gasteiger partial charge in [0.05, 0.1) is 18.5 Å². The van der Waals surface area contributed by atoms with Gasteiger partial charge in [0.15, 0.2) is 5.13 Å². The van der Waals surface area contributed by atoms with Gasteiger partial charge in [-0.15, -0.1) is 22.7 Å². The molecule has 3 heterocycles. The number of nitrogens with one attached hydrogen (secondary N) is 1. The molecular formula is C22H22N4O2S2. The van der Waals surface area contributed by atoms with E-state index in [1.165, 1.54) is 22.7 Å². The molecule has 6 nitrogen and oxygen atoms in total. The summed E-state index contributed by atoms with van der Waals surface area (Å²) in [5.74, 6) is 0.524. The van der Waals surface area contributed by atoms with Gasteiger partial charge < -0.3 is 10.5 Å². The average Bonchev–Trinajstić information content (AvgIpc) is 3.36. The Morgan fingerprint density at radius 2 is 1.97 bits per heavy atom. The monoisotopic (exact) mass is 438 g/mol. The van der Waals surface area contributed by atoms with Crippen LogP contribution in [0, 0.1) is 0 Å². The summed E-state index contributed by atoms with van der Waals surface area (Å²) in [5, 5.41) is 6.13. The highest BCUT2D eigenvalue weighted by Crippen LogP contribution is 2.34. The molecule has 1 aromatic carbocycles. The SMILES string of the molecule is CCCCc1ccc2c(N)c(C(=O)Nc3nc(-c4ccc(OC)cc4)cs3)sc2n1. The highest BCUT2D eigenvalue weighted by molar-refractivity contribution is 7.21. The second-order valence-corrected chi connectivity index (χ2v) is 8.68. The number of methoxy groups -OCH3 is 1. The molecule has 0 aliphatic carbocycles. The molecule has 3 N–H and O–H groups in total. The summed E-state index contributed by atoms with van der Waals surface area (Å²) in [6.07, 6.45) is 3.14. The number of thiophene rings is 1. The lowest BCUT2D eigenvalue weighted by Crippen LogP contribution is -2.11. The third kappa shape index (κ3) is 4.15. The lowest BCUT2D eigenvalue weighted by atomic mass is 10.1. The van der Waals surface area contributed by atoms with Crippen molar-refractivity contribution in [3.63, 3.8) is 0 Å². The quantitative estimate of drug-likeness (QED) is 0.392. The van der Waals surface area contributed by atoms with Crippen LogP contribution in [0.2, 0.25) is 0 Å². The first kappa shape index (κ1) is 20.3. The number of nitrogens with zero attached hydrogens (tertiary/aromatic N) is 2. The molecular weight excluding hydrogens is 416 g/mol. The summed E-state index contributed by atoms with van der Waals surface area (Å²) in [4.78, 5) is 23.3. The van der Waals surface area contributed by atoms with Crippen LogP contribution >= 0.6 is 22.7 Å². The summed E-state index contributed by atoms with van der Waals surface area (Å²) in [6.45, 7) is 2.16. The first-order chi connectivity index (χ1) is 14.6. The molecule has 0 saturated carbocycles. The van der Waals surface area contributed by atoms with Crippen LogP contribution in [0.1, 0.15) is 35.1 Å². The normalized spacial score (nSPS) is 11.0. The van der Waals surface area contributed by atoms with E-state index < -0.39 is 0 Å². The van der Waals surface area contributed by atoms with Crippen LogP contribution in [-0.2, 0) is 6.42 Å². The predicted octanol–water partition coefficient (Wildman–Crippen LogP) is 5.61. The van der Waals surface area contributed by atoms with E-state index >= 15 is 0 Å². The third-order valence-corrected chi connectivity index (χ3v) is 6.63. The molecule has 154 valence electrons. The van der Waals surface area contributed by atoms with E-state index in [9.17, 15) is 4.79 Å². The molecule has 8 heteroatoms. The molecule has 1 amide bonds. The predicted molar refractivity (Wildman–Crippen MR) is 125 cm³/mol. The van der Waals surface area contributed by atoms with Crippen LogP contribution in [0.3, 0.4) is 0 Å². The van der Waals surface area contributed by atoms with Gasteiger partial charge in [0.2, 0.25) is 0 Å². The number of rotatable bonds is 7. The number of aryl methyl sites for hydroxylation is 1. The van der Waals surface area contributed by atoms with E-state index in [1.54, 1.807) is 7.11 Å². The van der Waals surface area contributed by atoms with Crippen molar-refractivity contribution >= 4 is 49.6 Å². The highest BCUT2D eigenvalue weighted by atomic mass is 32.1. The minimum atomic E-state index is -0.263. The van der Waals surface area contributed by atoms with Gasteiger partial charge in [0, 0.05) is 22.0 Å².